The van der Waals surface area contributed by atoms with Crippen molar-refractivity contribution in [3.05, 3.63) is 27.7 Å². The van der Waals surface area contributed by atoms with Crippen LogP contribution < -0.4 is 0 Å². The lowest BCUT2D eigenvalue weighted by atomic mass is 10.2. The highest BCUT2D eigenvalue weighted by molar-refractivity contribution is 8.13. The van der Waals surface area contributed by atoms with Crippen molar-refractivity contribution in [2.75, 3.05) is 6.61 Å². The molecule has 1 aromatic rings. The highest BCUT2D eigenvalue weighted by Gasteiger charge is 2.24. The third-order valence-corrected chi connectivity index (χ3v) is 4.14. The molecule has 8 heteroatoms. The van der Waals surface area contributed by atoms with Crippen LogP contribution in [0.15, 0.2) is 17.0 Å². The van der Waals surface area contributed by atoms with Gasteiger partial charge in [0.05, 0.1) is 22.2 Å². The molecular weight excluding hydrogens is 323 g/mol. The van der Waals surface area contributed by atoms with E-state index in [0.29, 0.717) is 6.42 Å². The molecular formula is C10H9Cl3O4S. The van der Waals surface area contributed by atoms with Gasteiger partial charge in [-0.15, -0.1) is 0 Å². The van der Waals surface area contributed by atoms with E-state index in [1.807, 2.05) is 6.92 Å². The van der Waals surface area contributed by atoms with Crippen LogP contribution in [0.1, 0.15) is 23.7 Å². The average molecular weight is 332 g/mol. The van der Waals surface area contributed by atoms with Gasteiger partial charge in [0, 0.05) is 10.7 Å². The molecule has 0 aliphatic carbocycles. The molecule has 0 spiro atoms. The van der Waals surface area contributed by atoms with Crippen LogP contribution >= 0.6 is 33.9 Å². The van der Waals surface area contributed by atoms with E-state index in [0.717, 1.165) is 6.07 Å². The molecule has 0 aliphatic rings. The second-order valence-electron chi connectivity index (χ2n) is 3.31. The first-order valence-electron chi connectivity index (χ1n) is 4.88. The third kappa shape index (κ3) is 3.51. The molecule has 0 N–H and O–H groups in total. The Morgan fingerprint density at radius 1 is 1.33 bits per heavy atom. The average Bonchev–Trinajstić information content (AvgIpc) is 2.24. The van der Waals surface area contributed by atoms with Crippen molar-refractivity contribution in [3.63, 3.8) is 0 Å². The summed E-state index contributed by atoms with van der Waals surface area (Å²) in [5.74, 6) is -0.783. The van der Waals surface area contributed by atoms with Crippen LogP contribution in [0.3, 0.4) is 0 Å². The normalized spacial score (nSPS) is 11.3. The van der Waals surface area contributed by atoms with Crippen LogP contribution in [-0.4, -0.2) is 21.0 Å². The summed E-state index contributed by atoms with van der Waals surface area (Å²) >= 11 is 11.6. The fourth-order valence-electron chi connectivity index (χ4n) is 1.18. The predicted molar refractivity (Wildman–Crippen MR) is 70.1 cm³/mol. The van der Waals surface area contributed by atoms with Gasteiger partial charge in [0.2, 0.25) is 0 Å². The SMILES string of the molecule is CCCOC(=O)c1c(Cl)ccc(S(=O)(=O)Cl)c1Cl. The molecule has 0 heterocycles. The van der Waals surface area contributed by atoms with Crippen LogP contribution in [0, 0.1) is 0 Å². The Labute approximate surface area is 119 Å². The van der Waals surface area contributed by atoms with Gasteiger partial charge in [-0.25, -0.2) is 13.2 Å². The van der Waals surface area contributed by atoms with Crippen LogP contribution in [0.5, 0.6) is 0 Å². The molecule has 0 amide bonds. The quantitative estimate of drug-likeness (QED) is 0.626. The number of hydrogen-bond donors (Lipinski definition) is 0. The monoisotopic (exact) mass is 330 g/mol. The molecule has 0 saturated carbocycles. The first-order valence-corrected chi connectivity index (χ1v) is 7.95. The summed E-state index contributed by atoms with van der Waals surface area (Å²) in [5.41, 5.74) is -0.200. The number of ether oxygens (including phenoxy) is 1. The lowest BCUT2D eigenvalue weighted by Crippen LogP contribution is -2.09. The second kappa shape index (κ2) is 6.10. The Morgan fingerprint density at radius 3 is 2.44 bits per heavy atom. The highest BCUT2D eigenvalue weighted by Crippen LogP contribution is 2.33. The Morgan fingerprint density at radius 2 is 1.94 bits per heavy atom. The van der Waals surface area contributed by atoms with Gasteiger partial charge in [-0.2, -0.15) is 0 Å². The Hall–Kier alpha value is -0.490. The number of esters is 1. The Balaban J connectivity index is 3.31. The first-order chi connectivity index (χ1) is 8.29. The van der Waals surface area contributed by atoms with E-state index in [1.54, 1.807) is 0 Å². The summed E-state index contributed by atoms with van der Waals surface area (Å²) in [6.45, 7) is 2.00. The molecule has 100 valence electrons. The maximum atomic E-state index is 11.7. The lowest BCUT2D eigenvalue weighted by molar-refractivity contribution is 0.0505. The van der Waals surface area contributed by atoms with Crippen molar-refractivity contribution in [2.24, 2.45) is 0 Å². The Bertz CT molecular complexity index is 569. The van der Waals surface area contributed by atoms with E-state index >= 15 is 0 Å². The lowest BCUT2D eigenvalue weighted by Gasteiger charge is -2.09. The zero-order chi connectivity index (χ0) is 13.9. The van der Waals surface area contributed by atoms with Gasteiger partial charge in [-0.05, 0) is 18.6 Å². The smallest absolute Gasteiger partial charge is 0.341 e. The molecule has 4 nitrogen and oxygen atoms in total. The molecule has 18 heavy (non-hydrogen) atoms. The third-order valence-electron chi connectivity index (χ3n) is 1.96. The van der Waals surface area contributed by atoms with Gasteiger partial charge in [0.15, 0.2) is 0 Å². The van der Waals surface area contributed by atoms with Crippen molar-refractivity contribution < 1.29 is 17.9 Å². The van der Waals surface area contributed by atoms with Crippen LogP contribution in [-0.2, 0) is 13.8 Å². The number of halogens is 3. The molecule has 0 saturated heterocycles. The van der Waals surface area contributed by atoms with Crippen molar-refractivity contribution >= 4 is 48.9 Å². The maximum absolute atomic E-state index is 11.7. The molecule has 1 aromatic carbocycles. The number of hydrogen-bond acceptors (Lipinski definition) is 4. The molecule has 1 rings (SSSR count). The first kappa shape index (κ1) is 15.6. The van der Waals surface area contributed by atoms with Gasteiger partial charge in [0.25, 0.3) is 9.05 Å². The number of carbonyl (C=O) groups excluding carboxylic acids is 1. The molecule has 0 atom stereocenters. The van der Waals surface area contributed by atoms with Crippen molar-refractivity contribution in [2.45, 2.75) is 18.2 Å². The fourth-order valence-corrected chi connectivity index (χ4v) is 3.06. The van der Waals surface area contributed by atoms with E-state index < -0.39 is 15.0 Å². The molecule has 0 radical (unpaired) electrons. The summed E-state index contributed by atoms with van der Waals surface area (Å²) < 4.78 is 27.3. The van der Waals surface area contributed by atoms with Gasteiger partial charge in [0.1, 0.15) is 4.90 Å². The standard InChI is InChI=1S/C10H9Cl3O4S/c1-2-5-17-10(14)8-6(11)3-4-7(9(8)12)18(13,15)16/h3-4H,2,5H2,1H3. The predicted octanol–water partition coefficient (Wildman–Crippen LogP) is 3.49. The molecule has 0 aromatic heterocycles. The van der Waals surface area contributed by atoms with Gasteiger partial charge < -0.3 is 4.74 Å². The highest BCUT2D eigenvalue weighted by atomic mass is 35.7. The van der Waals surface area contributed by atoms with E-state index in [9.17, 15) is 13.2 Å². The second-order valence-corrected chi connectivity index (χ2v) is 6.63. The largest absolute Gasteiger partial charge is 0.462 e. The van der Waals surface area contributed by atoms with E-state index in [-0.39, 0.29) is 27.1 Å². The minimum atomic E-state index is -4.05. The topological polar surface area (TPSA) is 60.4 Å². The van der Waals surface area contributed by atoms with Crippen LogP contribution in [0.4, 0.5) is 0 Å². The number of rotatable bonds is 4. The molecule has 0 bridgehead atoms. The van der Waals surface area contributed by atoms with Gasteiger partial charge in [-0.1, -0.05) is 30.1 Å². The zero-order valence-corrected chi connectivity index (χ0v) is 12.3. The van der Waals surface area contributed by atoms with Gasteiger partial charge in [-0.3, -0.25) is 0 Å². The summed E-state index contributed by atoms with van der Waals surface area (Å²) in [4.78, 5) is 11.3. The molecule has 0 unspecified atom stereocenters. The molecule has 0 aliphatic heterocycles. The maximum Gasteiger partial charge on any atom is 0.341 e. The van der Waals surface area contributed by atoms with Crippen LogP contribution in [0.25, 0.3) is 0 Å². The Kier molecular flexibility index (Phi) is 5.28. The van der Waals surface area contributed by atoms with Crippen LogP contribution in [0.2, 0.25) is 10.0 Å². The van der Waals surface area contributed by atoms with Crippen molar-refractivity contribution in [1.29, 1.82) is 0 Å². The summed E-state index contributed by atoms with van der Waals surface area (Å²) in [6, 6.07) is 2.36. The van der Waals surface area contributed by atoms with E-state index in [1.165, 1.54) is 6.07 Å². The zero-order valence-electron chi connectivity index (χ0n) is 9.24. The van der Waals surface area contributed by atoms with Crippen molar-refractivity contribution in [3.8, 4) is 0 Å². The summed E-state index contributed by atoms with van der Waals surface area (Å²) in [6.07, 6.45) is 0.620. The number of carbonyl (C=O) groups is 1. The minimum Gasteiger partial charge on any atom is -0.462 e. The van der Waals surface area contributed by atoms with E-state index in [2.05, 4.69) is 0 Å². The van der Waals surface area contributed by atoms with E-state index in [4.69, 9.17) is 38.6 Å². The minimum absolute atomic E-state index is 0.00479. The molecule has 0 fully saturated rings. The summed E-state index contributed by atoms with van der Waals surface area (Å²) in [5, 5.41) is -0.330. The summed E-state index contributed by atoms with van der Waals surface area (Å²) in [7, 11) is 1.14. The number of benzene rings is 1. The fraction of sp³-hybridized carbons (Fsp3) is 0.300. The van der Waals surface area contributed by atoms with Gasteiger partial charge >= 0.3 is 5.97 Å². The van der Waals surface area contributed by atoms with Crippen molar-refractivity contribution in [1.82, 2.24) is 0 Å².